The minimum atomic E-state index is -1.41. The number of allylic oxidation sites excluding steroid dienone is 1. The second-order valence-corrected chi connectivity index (χ2v) is 15.3. The Morgan fingerprint density at radius 1 is 0.983 bits per heavy atom. The molecule has 13 nitrogen and oxygen atoms in total. The fourth-order valence-electron chi connectivity index (χ4n) is 9.31. The molecule has 1 fully saturated rings. The fraction of sp³-hybridized carbons (Fsp3) is 0.457. The molecule has 2 aliphatic heterocycles. The van der Waals surface area contributed by atoms with Gasteiger partial charge in [-0.1, -0.05) is 30.1 Å². The third-order valence-corrected chi connectivity index (χ3v) is 11.9. The largest absolute Gasteiger partial charge is 0.496 e. The van der Waals surface area contributed by atoms with E-state index in [0.717, 1.165) is 43.1 Å². The molecule has 3 aromatic carbocycles. The summed E-state index contributed by atoms with van der Waals surface area (Å²) in [6.45, 7) is 6.62. The molecule has 0 spiro atoms. The highest BCUT2D eigenvalue weighted by Gasteiger charge is 2.65. The molecule has 2 heterocycles. The summed E-state index contributed by atoms with van der Waals surface area (Å²) in [6.07, 6.45) is 9.49. The van der Waals surface area contributed by atoms with Crippen molar-refractivity contribution < 1.29 is 53.1 Å². The SMILES string of the molecule is C=CCO[C@@]12Oc3ccc(Oc4ccc(OC)c(C=O)c4)cc3[C@H]3[C@H](CCCCO)[C@@H](CCCCO)C=C(C(=NOCC)C[C@@H]1N(C)C(=O)c1ccc4c(c1)OCO4)[C@H]32. The second kappa shape index (κ2) is 18.7. The van der Waals surface area contributed by atoms with Gasteiger partial charge in [-0.25, -0.2) is 0 Å². The molecule has 7 rings (SSSR count). The van der Waals surface area contributed by atoms with Crippen LogP contribution in [-0.4, -0.2) is 92.2 Å². The summed E-state index contributed by atoms with van der Waals surface area (Å²) < 4.78 is 37.2. The average Bonchev–Trinajstić information content (AvgIpc) is 3.74. The number of fused-ring (bicyclic) bond motifs is 3. The number of oxime groups is 1. The van der Waals surface area contributed by atoms with Gasteiger partial charge in [-0.15, -0.1) is 6.58 Å². The van der Waals surface area contributed by atoms with E-state index in [-0.39, 0.29) is 56.7 Å². The van der Waals surface area contributed by atoms with Crippen molar-refractivity contribution in [3.8, 4) is 34.5 Å². The van der Waals surface area contributed by atoms with E-state index in [1.165, 1.54) is 7.11 Å². The maximum Gasteiger partial charge on any atom is 0.254 e. The predicted molar refractivity (Wildman–Crippen MR) is 220 cm³/mol. The zero-order valence-electron chi connectivity index (χ0n) is 34.0. The number of amides is 1. The molecule has 6 atom stereocenters. The van der Waals surface area contributed by atoms with Gasteiger partial charge in [0.15, 0.2) is 17.8 Å². The summed E-state index contributed by atoms with van der Waals surface area (Å²) in [6, 6.07) is 15.3. The molecule has 4 aliphatic rings. The Morgan fingerprint density at radius 2 is 1.73 bits per heavy atom. The van der Waals surface area contributed by atoms with Gasteiger partial charge in [-0.3, -0.25) is 9.59 Å². The highest BCUT2D eigenvalue weighted by molar-refractivity contribution is 6.03. The number of hydrogen-bond acceptors (Lipinski definition) is 12. The van der Waals surface area contributed by atoms with E-state index in [2.05, 4.69) is 12.7 Å². The van der Waals surface area contributed by atoms with E-state index in [4.69, 9.17) is 38.4 Å². The minimum absolute atomic E-state index is 0.0308. The van der Waals surface area contributed by atoms with Crippen LogP contribution in [0.2, 0.25) is 0 Å². The second-order valence-electron chi connectivity index (χ2n) is 15.3. The van der Waals surface area contributed by atoms with Gasteiger partial charge in [0.1, 0.15) is 35.6 Å². The first-order chi connectivity index (χ1) is 28.8. The van der Waals surface area contributed by atoms with Gasteiger partial charge in [0.25, 0.3) is 5.91 Å². The molecule has 2 N–H and O–H groups in total. The van der Waals surface area contributed by atoms with Gasteiger partial charge in [0, 0.05) is 43.7 Å². The van der Waals surface area contributed by atoms with Gasteiger partial charge in [-0.05, 0) is 105 Å². The summed E-state index contributed by atoms with van der Waals surface area (Å²) in [5.41, 5.74) is 3.32. The first-order valence-corrected chi connectivity index (χ1v) is 20.5. The number of likely N-dealkylation sites (N-methyl/N-ethyl adjacent to an activating group) is 1. The van der Waals surface area contributed by atoms with Gasteiger partial charge < -0.3 is 48.4 Å². The summed E-state index contributed by atoms with van der Waals surface area (Å²) >= 11 is 0. The van der Waals surface area contributed by atoms with E-state index in [1.807, 2.05) is 25.1 Å². The van der Waals surface area contributed by atoms with E-state index < -0.39 is 17.7 Å². The van der Waals surface area contributed by atoms with Crippen LogP contribution in [0.1, 0.15) is 84.1 Å². The zero-order valence-corrected chi connectivity index (χ0v) is 34.0. The lowest BCUT2D eigenvalue weighted by atomic mass is 9.55. The number of carbonyl (C=O) groups excluding carboxylic acids is 2. The molecule has 1 saturated carbocycles. The van der Waals surface area contributed by atoms with Crippen molar-refractivity contribution in [2.24, 2.45) is 22.9 Å². The van der Waals surface area contributed by atoms with Crippen molar-refractivity contribution in [2.45, 2.75) is 69.6 Å². The highest BCUT2D eigenvalue weighted by Crippen LogP contribution is 2.62. The Bertz CT molecular complexity index is 2070. The van der Waals surface area contributed by atoms with Crippen LogP contribution in [0.25, 0.3) is 0 Å². The Morgan fingerprint density at radius 3 is 2.47 bits per heavy atom. The Kier molecular flexibility index (Phi) is 13.2. The van der Waals surface area contributed by atoms with Crippen molar-refractivity contribution in [1.82, 2.24) is 4.90 Å². The number of methoxy groups -OCH3 is 1. The number of carbonyl (C=O) groups is 2. The molecular formula is C46H54N2O11. The van der Waals surface area contributed by atoms with Crippen LogP contribution in [0, 0.1) is 17.8 Å². The monoisotopic (exact) mass is 810 g/mol. The predicted octanol–water partition coefficient (Wildman–Crippen LogP) is 7.45. The van der Waals surface area contributed by atoms with Gasteiger partial charge in [-0.2, -0.15) is 0 Å². The molecule has 59 heavy (non-hydrogen) atoms. The molecule has 0 radical (unpaired) electrons. The number of hydrogen-bond donors (Lipinski definition) is 2. The Balaban J connectivity index is 1.40. The van der Waals surface area contributed by atoms with Crippen molar-refractivity contribution >= 4 is 17.9 Å². The first kappa shape index (κ1) is 41.8. The average molecular weight is 811 g/mol. The summed E-state index contributed by atoms with van der Waals surface area (Å²) in [5.74, 6) is 0.816. The lowest BCUT2D eigenvalue weighted by molar-refractivity contribution is -0.252. The number of aliphatic hydroxyl groups is 2. The maximum absolute atomic E-state index is 14.6. The lowest BCUT2D eigenvalue weighted by Crippen LogP contribution is -2.69. The van der Waals surface area contributed by atoms with Crippen LogP contribution in [0.15, 0.2) is 84.1 Å². The van der Waals surface area contributed by atoms with Gasteiger partial charge in [0.2, 0.25) is 12.6 Å². The molecule has 3 aromatic rings. The molecule has 0 bridgehead atoms. The smallest absolute Gasteiger partial charge is 0.254 e. The standard InChI is InChI=1S/C46H54N2O11/c1-5-21-56-46-42(48(3)45(52)30-13-16-40-41(24-30)55-28-54-40)26-37(47-57-6-2)35-23-29(11-7-9-19-49)34(12-8-10-20-50)43(44(35)46)36-25-33(15-18-39(36)59-46)58-32-14-17-38(53-4)31(22-32)27-51/h5,13-18,22-25,27,29,34,42-44,49-50H,1,6-12,19-21,26,28H2,2-4H3/t29-,34+,42-,43+,44+,46+/m0/s1. The van der Waals surface area contributed by atoms with Crippen LogP contribution in [0.5, 0.6) is 34.5 Å². The third kappa shape index (κ3) is 8.28. The normalized spacial score (nSPS) is 24.3. The lowest BCUT2D eigenvalue weighted by Gasteiger charge is -2.59. The van der Waals surface area contributed by atoms with Gasteiger partial charge in [0.05, 0.1) is 30.9 Å². The minimum Gasteiger partial charge on any atom is -0.496 e. The Hall–Kier alpha value is -5.37. The summed E-state index contributed by atoms with van der Waals surface area (Å²) in [4.78, 5) is 34.0. The van der Waals surface area contributed by atoms with Crippen LogP contribution in [-0.2, 0) is 9.57 Å². The molecule has 0 unspecified atom stereocenters. The van der Waals surface area contributed by atoms with Crippen molar-refractivity contribution in [1.29, 1.82) is 0 Å². The number of ether oxygens (including phenoxy) is 6. The van der Waals surface area contributed by atoms with E-state index in [0.29, 0.717) is 70.8 Å². The quantitative estimate of drug-likeness (QED) is 0.0537. The van der Waals surface area contributed by atoms with Crippen LogP contribution >= 0.6 is 0 Å². The first-order valence-electron chi connectivity index (χ1n) is 20.5. The third-order valence-electron chi connectivity index (χ3n) is 11.9. The number of rotatable bonds is 19. The van der Waals surface area contributed by atoms with Gasteiger partial charge >= 0.3 is 0 Å². The summed E-state index contributed by atoms with van der Waals surface area (Å²) in [5, 5.41) is 24.5. The van der Waals surface area contributed by atoms with Crippen molar-refractivity contribution in [3.63, 3.8) is 0 Å². The summed E-state index contributed by atoms with van der Waals surface area (Å²) in [7, 11) is 3.27. The highest BCUT2D eigenvalue weighted by atomic mass is 16.7. The zero-order chi connectivity index (χ0) is 41.5. The number of nitrogens with zero attached hydrogens (tertiary/aromatic N) is 2. The fourth-order valence-corrected chi connectivity index (χ4v) is 9.31. The van der Waals surface area contributed by atoms with E-state index in [9.17, 15) is 19.8 Å². The van der Waals surface area contributed by atoms with Crippen molar-refractivity contribution in [3.05, 3.63) is 95.6 Å². The molecule has 0 aromatic heterocycles. The molecule has 0 saturated heterocycles. The molecule has 13 heteroatoms. The van der Waals surface area contributed by atoms with Crippen LogP contribution in [0.4, 0.5) is 0 Å². The number of unbranched alkanes of at least 4 members (excludes halogenated alkanes) is 2. The topological polar surface area (TPSA) is 155 Å². The maximum atomic E-state index is 14.6. The molecular weight excluding hydrogens is 757 g/mol. The molecule has 1 amide bonds. The number of benzene rings is 3. The van der Waals surface area contributed by atoms with E-state index >= 15 is 0 Å². The van der Waals surface area contributed by atoms with Crippen LogP contribution < -0.4 is 23.7 Å². The number of aliphatic hydroxyl groups excluding tert-OH is 2. The Labute approximate surface area is 345 Å². The number of aldehydes is 1. The van der Waals surface area contributed by atoms with Crippen molar-refractivity contribution in [2.75, 3.05) is 47.4 Å². The van der Waals surface area contributed by atoms with E-state index in [1.54, 1.807) is 54.4 Å². The molecule has 314 valence electrons. The van der Waals surface area contributed by atoms with Crippen LogP contribution in [0.3, 0.4) is 0 Å². The molecule has 2 aliphatic carbocycles.